The minimum atomic E-state index is -5.10. The standard InChI is InChI=1S/C17H12F8INO4/c18-11-12(26)14(19,30-7-15(20,21)22)6-10(17(11,29)31-8-16(23,24)25)13(28)27-9-4-2-1-3-5-9/h1-6,29H,7-8H2,(H,27,28). The molecule has 0 bridgehead atoms. The molecule has 1 aliphatic rings. The highest BCUT2D eigenvalue weighted by Crippen LogP contribution is 2.47. The van der Waals surface area contributed by atoms with Gasteiger partial charge in [-0.15, -0.1) is 0 Å². The highest BCUT2D eigenvalue weighted by molar-refractivity contribution is 14.1. The number of amides is 1. The summed E-state index contributed by atoms with van der Waals surface area (Å²) in [4.78, 5) is 12.5. The lowest BCUT2D eigenvalue weighted by molar-refractivity contribution is -0.246. The molecule has 31 heavy (non-hydrogen) atoms. The highest BCUT2D eigenvalue weighted by Gasteiger charge is 2.55. The maximum Gasteiger partial charge on any atom is 0.411 e. The first-order chi connectivity index (χ1) is 14.1. The van der Waals surface area contributed by atoms with Gasteiger partial charge < -0.3 is 19.9 Å². The average Bonchev–Trinajstić information content (AvgIpc) is 2.66. The van der Waals surface area contributed by atoms with Gasteiger partial charge in [-0.1, -0.05) is 18.2 Å². The molecule has 0 heterocycles. The number of aliphatic hydroxyl groups is 1. The Morgan fingerprint density at radius 1 is 1.03 bits per heavy atom. The lowest BCUT2D eigenvalue weighted by atomic mass is 9.94. The van der Waals surface area contributed by atoms with Crippen LogP contribution in [0.25, 0.3) is 0 Å². The van der Waals surface area contributed by atoms with E-state index in [1.165, 1.54) is 30.3 Å². The summed E-state index contributed by atoms with van der Waals surface area (Å²) in [5, 5.41) is 12.5. The quantitative estimate of drug-likeness (QED) is 0.295. The number of alkyl halides is 7. The first-order valence-corrected chi connectivity index (χ1v) is 9.14. The molecule has 0 fully saturated rings. The number of ether oxygens (including phenoxy) is 2. The van der Waals surface area contributed by atoms with Crippen LogP contribution in [0.2, 0.25) is 0 Å². The van der Waals surface area contributed by atoms with Gasteiger partial charge in [0.1, 0.15) is 13.2 Å². The van der Waals surface area contributed by atoms with Gasteiger partial charge in [-0.3, -0.25) is 4.79 Å². The second-order valence-electron chi connectivity index (χ2n) is 6.10. The molecule has 0 saturated heterocycles. The normalized spacial score (nSPS) is 24.8. The van der Waals surface area contributed by atoms with Crippen molar-refractivity contribution in [1.29, 1.82) is 0 Å². The van der Waals surface area contributed by atoms with Crippen LogP contribution >= 0.6 is 22.6 Å². The van der Waals surface area contributed by atoms with Gasteiger partial charge in [0, 0.05) is 5.69 Å². The van der Waals surface area contributed by atoms with E-state index in [9.17, 15) is 40.6 Å². The maximum absolute atomic E-state index is 15.0. The number of carbonyl (C=O) groups is 1. The van der Waals surface area contributed by atoms with E-state index in [-0.39, 0.29) is 11.8 Å². The summed E-state index contributed by atoms with van der Waals surface area (Å²) in [6, 6.07) is 6.95. The number of hydrogen-bond acceptors (Lipinski definition) is 4. The van der Waals surface area contributed by atoms with Crippen molar-refractivity contribution in [3.63, 3.8) is 0 Å². The van der Waals surface area contributed by atoms with Gasteiger partial charge in [0.05, 0.1) is 9.15 Å². The van der Waals surface area contributed by atoms with Crippen LogP contribution in [0, 0.1) is 0 Å². The topological polar surface area (TPSA) is 67.8 Å². The molecule has 5 nitrogen and oxygen atoms in total. The summed E-state index contributed by atoms with van der Waals surface area (Å²) in [5.74, 6) is -11.2. The van der Waals surface area contributed by atoms with Gasteiger partial charge in [-0.2, -0.15) is 26.3 Å². The van der Waals surface area contributed by atoms with Gasteiger partial charge in [0.2, 0.25) is 0 Å². The summed E-state index contributed by atoms with van der Waals surface area (Å²) in [6.45, 7) is -4.49. The van der Waals surface area contributed by atoms with Gasteiger partial charge >= 0.3 is 12.4 Å². The molecule has 1 amide bonds. The number of anilines is 1. The van der Waals surface area contributed by atoms with Gasteiger partial charge in [-0.05, 0) is 40.8 Å². The molecular weight excluding hydrogens is 561 g/mol. The molecule has 14 heteroatoms. The van der Waals surface area contributed by atoms with Gasteiger partial charge in [0.15, 0.2) is 5.83 Å². The minimum Gasteiger partial charge on any atom is -0.356 e. The largest absolute Gasteiger partial charge is 0.411 e. The maximum atomic E-state index is 15.0. The Bertz CT molecular complexity index is 886. The number of rotatable bonds is 6. The van der Waals surface area contributed by atoms with Crippen LogP contribution in [0.1, 0.15) is 0 Å². The molecule has 0 saturated carbocycles. The summed E-state index contributed by atoms with van der Waals surface area (Å²) in [6.07, 6.45) is -10.2. The number of carbonyl (C=O) groups excluding carboxylic acids is 1. The fourth-order valence-electron chi connectivity index (χ4n) is 2.32. The lowest BCUT2D eigenvalue weighted by Gasteiger charge is -2.36. The predicted molar refractivity (Wildman–Crippen MR) is 98.1 cm³/mol. The molecule has 0 spiro atoms. The van der Waals surface area contributed by atoms with Crippen LogP contribution in [0.5, 0.6) is 0 Å². The average molecular weight is 573 g/mol. The summed E-state index contributed by atoms with van der Waals surface area (Å²) >= 11 is 0.796. The van der Waals surface area contributed by atoms with Crippen molar-refractivity contribution in [2.45, 2.75) is 24.0 Å². The van der Waals surface area contributed by atoms with E-state index in [0.29, 0.717) is 0 Å². The molecule has 0 radical (unpaired) electrons. The summed E-state index contributed by atoms with van der Waals surface area (Å²) in [7, 11) is 0. The number of para-hydroxylation sites is 1. The summed E-state index contributed by atoms with van der Waals surface area (Å²) in [5.41, 5.74) is -1.49. The third-order valence-electron chi connectivity index (χ3n) is 3.65. The molecule has 1 aliphatic carbocycles. The third-order valence-corrected chi connectivity index (χ3v) is 4.86. The fourth-order valence-corrected chi connectivity index (χ4v) is 3.00. The molecular formula is C17H12F8INO4. The van der Waals surface area contributed by atoms with Crippen LogP contribution in [-0.4, -0.2) is 48.2 Å². The van der Waals surface area contributed by atoms with Crippen molar-refractivity contribution in [2.75, 3.05) is 18.5 Å². The molecule has 2 rings (SSSR count). The van der Waals surface area contributed by atoms with Crippen molar-refractivity contribution in [3.05, 3.63) is 51.4 Å². The number of benzene rings is 1. The van der Waals surface area contributed by atoms with Crippen LogP contribution in [0.4, 0.5) is 40.8 Å². The van der Waals surface area contributed by atoms with E-state index in [1.54, 1.807) is 0 Å². The van der Waals surface area contributed by atoms with E-state index in [2.05, 4.69) is 9.47 Å². The predicted octanol–water partition coefficient (Wildman–Crippen LogP) is 4.69. The van der Waals surface area contributed by atoms with E-state index < -0.39 is 58.1 Å². The van der Waals surface area contributed by atoms with E-state index >= 15 is 4.39 Å². The van der Waals surface area contributed by atoms with Crippen molar-refractivity contribution >= 4 is 34.2 Å². The Labute approximate surface area is 182 Å². The molecule has 2 unspecified atom stereocenters. The molecule has 2 atom stereocenters. The van der Waals surface area contributed by atoms with Crippen LogP contribution in [0.15, 0.2) is 51.4 Å². The number of halogens is 9. The van der Waals surface area contributed by atoms with Gasteiger partial charge in [0.25, 0.3) is 17.5 Å². The lowest BCUT2D eigenvalue weighted by Crippen LogP contribution is -2.49. The van der Waals surface area contributed by atoms with E-state index in [0.717, 1.165) is 22.6 Å². The molecule has 0 aromatic heterocycles. The third kappa shape index (κ3) is 6.36. The van der Waals surface area contributed by atoms with Crippen LogP contribution in [-0.2, 0) is 14.3 Å². The van der Waals surface area contributed by atoms with E-state index in [4.69, 9.17) is 0 Å². The zero-order valence-corrected chi connectivity index (χ0v) is 17.1. The van der Waals surface area contributed by atoms with Gasteiger partial charge in [-0.25, -0.2) is 8.78 Å². The zero-order chi connectivity index (χ0) is 23.7. The zero-order valence-electron chi connectivity index (χ0n) is 15.0. The van der Waals surface area contributed by atoms with E-state index in [1.807, 2.05) is 5.32 Å². The Balaban J connectivity index is 2.50. The van der Waals surface area contributed by atoms with Crippen molar-refractivity contribution < 1.29 is 54.5 Å². The first-order valence-electron chi connectivity index (χ1n) is 8.06. The van der Waals surface area contributed by atoms with Crippen molar-refractivity contribution in [1.82, 2.24) is 0 Å². The van der Waals surface area contributed by atoms with Crippen molar-refractivity contribution in [3.8, 4) is 0 Å². The minimum absolute atomic E-state index is 0.00287. The molecule has 172 valence electrons. The Kier molecular flexibility index (Phi) is 7.39. The van der Waals surface area contributed by atoms with Crippen LogP contribution < -0.4 is 5.32 Å². The first kappa shape index (κ1) is 25.5. The SMILES string of the molecule is O=C(Nc1ccccc1)C1=CC(F)(OCC(F)(F)F)C(I)=C(F)C1(O)OCC(F)(F)F. The Morgan fingerprint density at radius 2 is 1.55 bits per heavy atom. The molecule has 1 aromatic rings. The smallest absolute Gasteiger partial charge is 0.356 e. The Morgan fingerprint density at radius 3 is 2.06 bits per heavy atom. The molecule has 1 aromatic carbocycles. The highest BCUT2D eigenvalue weighted by atomic mass is 127. The number of hydrogen-bond donors (Lipinski definition) is 2. The molecule has 2 N–H and O–H groups in total. The second-order valence-corrected chi connectivity index (χ2v) is 7.18. The molecule has 0 aliphatic heterocycles. The second kappa shape index (κ2) is 8.99. The summed E-state index contributed by atoms with van der Waals surface area (Å²) < 4.78 is 112. The van der Waals surface area contributed by atoms with Crippen LogP contribution in [0.3, 0.4) is 0 Å². The van der Waals surface area contributed by atoms with Crippen molar-refractivity contribution in [2.24, 2.45) is 0 Å². The Hall–Kier alpha value is -1.78. The number of nitrogens with one attached hydrogen (secondary N) is 1. The monoisotopic (exact) mass is 573 g/mol. The fraction of sp³-hybridized carbons (Fsp3) is 0.353.